The molecule has 3 aromatic carbocycles. The van der Waals surface area contributed by atoms with Crippen molar-refractivity contribution in [3.8, 4) is 0 Å². The third kappa shape index (κ3) is 6.50. The molecule has 1 N–H and O–H groups in total. The van der Waals surface area contributed by atoms with Gasteiger partial charge in [0.05, 0.1) is 13.0 Å². The molecule has 0 saturated carbocycles. The van der Waals surface area contributed by atoms with Gasteiger partial charge in [0.15, 0.2) is 0 Å². The van der Waals surface area contributed by atoms with Gasteiger partial charge in [-0.2, -0.15) is 0 Å². The number of amides is 1. The molecule has 5 nitrogen and oxygen atoms in total. The average molecular weight is 473 g/mol. The number of hydrogen-bond acceptors (Lipinski definition) is 4. The Morgan fingerprint density at radius 2 is 1.49 bits per heavy atom. The minimum Gasteiger partial charge on any atom is -0.469 e. The van der Waals surface area contributed by atoms with E-state index in [4.69, 9.17) is 4.74 Å². The zero-order valence-corrected chi connectivity index (χ0v) is 21.2. The van der Waals surface area contributed by atoms with E-state index in [9.17, 15) is 9.59 Å². The number of nitrogens with zero attached hydrogens (tertiary/aromatic N) is 1. The maximum Gasteiger partial charge on any atom is 0.313 e. The van der Waals surface area contributed by atoms with Crippen LogP contribution < -0.4 is 10.2 Å². The van der Waals surface area contributed by atoms with Crippen molar-refractivity contribution in [1.29, 1.82) is 0 Å². The first kappa shape index (κ1) is 26.0. The summed E-state index contributed by atoms with van der Waals surface area (Å²) in [7, 11) is 1.47. The summed E-state index contributed by atoms with van der Waals surface area (Å²) in [6, 6.07) is 25.5. The number of methoxy groups -OCH3 is 1. The van der Waals surface area contributed by atoms with Crippen LogP contribution in [0.3, 0.4) is 0 Å². The second-order valence-electron chi connectivity index (χ2n) is 8.55. The number of anilines is 2. The predicted octanol–water partition coefficient (Wildman–Crippen LogP) is 6.45. The highest BCUT2D eigenvalue weighted by atomic mass is 16.5. The number of benzene rings is 3. The molecule has 1 atom stereocenters. The monoisotopic (exact) mass is 472 g/mol. The Bertz CT molecular complexity index is 1090. The Morgan fingerprint density at radius 3 is 2.09 bits per heavy atom. The van der Waals surface area contributed by atoms with E-state index in [0.29, 0.717) is 5.56 Å². The first-order valence-corrected chi connectivity index (χ1v) is 12.4. The third-order valence-electron chi connectivity index (χ3n) is 6.50. The molecule has 1 fully saturated rings. The van der Waals surface area contributed by atoms with E-state index in [0.717, 1.165) is 48.4 Å². The molecular formula is C30H36N2O3. The maximum atomic E-state index is 12.6. The van der Waals surface area contributed by atoms with Gasteiger partial charge in [0.1, 0.15) is 0 Å². The van der Waals surface area contributed by atoms with Crippen LogP contribution in [-0.2, 0) is 9.53 Å². The average Bonchev–Trinajstić information content (AvgIpc) is 2.91. The Morgan fingerprint density at radius 1 is 0.886 bits per heavy atom. The van der Waals surface area contributed by atoms with Crippen molar-refractivity contribution in [3.05, 3.63) is 95.6 Å². The fourth-order valence-corrected chi connectivity index (χ4v) is 4.66. The lowest BCUT2D eigenvalue weighted by Crippen LogP contribution is -2.37. The lowest BCUT2D eigenvalue weighted by molar-refractivity contribution is -0.144. The molecule has 1 unspecified atom stereocenters. The standard InChI is InChI=1S/C28H30N2O3.C2H6/c1-20-8-6-7-11-25(20)27(31)29-23-12-14-24(15-13-23)30-18-16-22(17-19-30)26(28(32)33-2)21-9-4-3-5-10-21;1-2/h3-15,22,26H,16-19H2,1-2H3,(H,29,31);1-2H3. The summed E-state index contributed by atoms with van der Waals surface area (Å²) in [5.74, 6) is -0.231. The van der Waals surface area contributed by atoms with Crippen LogP contribution in [0.4, 0.5) is 11.4 Å². The zero-order chi connectivity index (χ0) is 25.2. The Balaban J connectivity index is 0.00000167. The van der Waals surface area contributed by atoms with Gasteiger partial charge in [-0.05, 0) is 67.1 Å². The van der Waals surface area contributed by atoms with Gasteiger partial charge in [-0.3, -0.25) is 9.59 Å². The van der Waals surface area contributed by atoms with E-state index < -0.39 is 0 Å². The summed E-state index contributed by atoms with van der Waals surface area (Å²) in [6.45, 7) is 7.68. The summed E-state index contributed by atoms with van der Waals surface area (Å²) in [5.41, 5.74) is 4.56. The second-order valence-corrected chi connectivity index (χ2v) is 8.55. The van der Waals surface area contributed by atoms with Crippen molar-refractivity contribution in [2.24, 2.45) is 5.92 Å². The van der Waals surface area contributed by atoms with Crippen LogP contribution in [0.2, 0.25) is 0 Å². The number of piperidine rings is 1. The van der Waals surface area contributed by atoms with Crippen LogP contribution in [0.1, 0.15) is 54.1 Å². The molecule has 1 aliphatic rings. The lowest BCUT2D eigenvalue weighted by atomic mass is 9.80. The van der Waals surface area contributed by atoms with Crippen molar-refractivity contribution >= 4 is 23.3 Å². The van der Waals surface area contributed by atoms with Gasteiger partial charge >= 0.3 is 5.97 Å². The fraction of sp³-hybridized carbons (Fsp3) is 0.333. The Hall–Kier alpha value is -3.60. The van der Waals surface area contributed by atoms with Gasteiger partial charge in [0.2, 0.25) is 0 Å². The minimum atomic E-state index is -0.225. The van der Waals surface area contributed by atoms with Crippen molar-refractivity contribution in [2.45, 2.75) is 39.5 Å². The molecule has 35 heavy (non-hydrogen) atoms. The van der Waals surface area contributed by atoms with Gasteiger partial charge in [0.25, 0.3) is 5.91 Å². The van der Waals surface area contributed by atoms with E-state index in [1.807, 2.05) is 99.6 Å². The fourth-order valence-electron chi connectivity index (χ4n) is 4.66. The van der Waals surface area contributed by atoms with E-state index in [2.05, 4.69) is 10.2 Å². The molecule has 0 aliphatic carbocycles. The van der Waals surface area contributed by atoms with Gasteiger partial charge < -0.3 is 15.0 Å². The number of rotatable bonds is 6. The Labute approximate surface area is 209 Å². The molecule has 184 valence electrons. The van der Waals surface area contributed by atoms with Gasteiger partial charge in [-0.25, -0.2) is 0 Å². The molecule has 0 bridgehead atoms. The molecule has 5 heteroatoms. The number of carbonyl (C=O) groups is 2. The highest BCUT2D eigenvalue weighted by Gasteiger charge is 2.33. The summed E-state index contributed by atoms with van der Waals surface area (Å²) < 4.78 is 5.13. The normalized spacial score (nSPS) is 14.3. The van der Waals surface area contributed by atoms with Crippen LogP contribution >= 0.6 is 0 Å². The number of carbonyl (C=O) groups excluding carboxylic acids is 2. The molecule has 1 heterocycles. The summed E-state index contributed by atoms with van der Waals surface area (Å²) in [5, 5.41) is 2.98. The molecule has 1 amide bonds. The van der Waals surface area contributed by atoms with Gasteiger partial charge in [-0.15, -0.1) is 0 Å². The SMILES string of the molecule is CC.COC(=O)C(c1ccccc1)C1CCN(c2ccc(NC(=O)c3ccccc3C)cc2)CC1. The number of nitrogens with one attached hydrogen (secondary N) is 1. The highest BCUT2D eigenvalue weighted by molar-refractivity contribution is 6.05. The zero-order valence-electron chi connectivity index (χ0n) is 21.2. The number of esters is 1. The molecule has 1 saturated heterocycles. The molecule has 0 spiro atoms. The van der Waals surface area contributed by atoms with Gasteiger partial charge in [0, 0.05) is 30.0 Å². The maximum absolute atomic E-state index is 12.6. The molecule has 4 rings (SSSR count). The molecule has 0 radical (unpaired) electrons. The first-order valence-electron chi connectivity index (χ1n) is 12.4. The number of hydrogen-bond donors (Lipinski definition) is 1. The first-order chi connectivity index (χ1) is 17.1. The summed E-state index contributed by atoms with van der Waals surface area (Å²) in [4.78, 5) is 27.4. The third-order valence-corrected chi connectivity index (χ3v) is 6.50. The van der Waals surface area contributed by atoms with Crippen molar-refractivity contribution in [2.75, 3.05) is 30.4 Å². The molecule has 0 aromatic heterocycles. The Kier molecular flexibility index (Phi) is 9.47. The summed E-state index contributed by atoms with van der Waals surface area (Å²) in [6.07, 6.45) is 1.83. The lowest BCUT2D eigenvalue weighted by Gasteiger charge is -2.36. The molecular weight excluding hydrogens is 436 g/mol. The number of aryl methyl sites for hydroxylation is 1. The second kappa shape index (κ2) is 12.7. The highest BCUT2D eigenvalue weighted by Crippen LogP contribution is 2.35. The largest absolute Gasteiger partial charge is 0.469 e. The molecule has 1 aliphatic heterocycles. The minimum absolute atomic E-state index is 0.101. The van der Waals surface area contributed by atoms with E-state index >= 15 is 0 Å². The summed E-state index contributed by atoms with van der Waals surface area (Å²) >= 11 is 0. The van der Waals surface area contributed by atoms with E-state index in [-0.39, 0.29) is 23.7 Å². The topological polar surface area (TPSA) is 58.6 Å². The van der Waals surface area contributed by atoms with Crippen LogP contribution in [0.25, 0.3) is 0 Å². The van der Waals surface area contributed by atoms with E-state index in [1.165, 1.54) is 7.11 Å². The van der Waals surface area contributed by atoms with Crippen LogP contribution in [0.5, 0.6) is 0 Å². The predicted molar refractivity (Wildman–Crippen MR) is 143 cm³/mol. The van der Waals surface area contributed by atoms with Crippen LogP contribution in [0.15, 0.2) is 78.9 Å². The van der Waals surface area contributed by atoms with Gasteiger partial charge in [-0.1, -0.05) is 62.4 Å². The quantitative estimate of drug-likeness (QED) is 0.419. The molecule has 3 aromatic rings. The van der Waals surface area contributed by atoms with Crippen molar-refractivity contribution < 1.29 is 14.3 Å². The number of ether oxygens (including phenoxy) is 1. The van der Waals surface area contributed by atoms with E-state index in [1.54, 1.807) is 0 Å². The van der Waals surface area contributed by atoms with Crippen molar-refractivity contribution in [3.63, 3.8) is 0 Å². The van der Waals surface area contributed by atoms with Crippen LogP contribution in [-0.4, -0.2) is 32.1 Å². The smallest absolute Gasteiger partial charge is 0.313 e. The van der Waals surface area contributed by atoms with Crippen LogP contribution in [0, 0.1) is 12.8 Å². The van der Waals surface area contributed by atoms with Crippen molar-refractivity contribution in [1.82, 2.24) is 0 Å².